The van der Waals surface area contributed by atoms with Gasteiger partial charge in [-0.1, -0.05) is 16.3 Å². The van der Waals surface area contributed by atoms with Crippen molar-refractivity contribution in [1.82, 2.24) is 14.6 Å². The first kappa shape index (κ1) is 16.8. The number of rotatable bonds is 6. The van der Waals surface area contributed by atoms with Crippen molar-refractivity contribution >= 4 is 62.4 Å². The maximum atomic E-state index is 12.0. The van der Waals surface area contributed by atoms with Crippen molar-refractivity contribution in [3.63, 3.8) is 0 Å². The van der Waals surface area contributed by atoms with Crippen molar-refractivity contribution in [3.05, 3.63) is 29.3 Å². The van der Waals surface area contributed by atoms with E-state index in [1.54, 1.807) is 11.4 Å². The van der Waals surface area contributed by atoms with E-state index in [1.165, 1.54) is 30.0 Å². The van der Waals surface area contributed by atoms with Crippen molar-refractivity contribution in [2.75, 3.05) is 17.7 Å². The summed E-state index contributed by atoms with van der Waals surface area (Å²) >= 11 is 4.19. The maximum Gasteiger partial charge on any atom is 0.302 e. The molecule has 1 N–H and O–H groups in total. The largest absolute Gasteiger partial charge is 0.465 e. The molecule has 1 amide bonds. The van der Waals surface area contributed by atoms with Crippen LogP contribution in [0.1, 0.15) is 17.4 Å². The van der Waals surface area contributed by atoms with E-state index in [4.69, 9.17) is 4.74 Å². The molecule has 2 heterocycles. The van der Waals surface area contributed by atoms with Crippen molar-refractivity contribution in [1.29, 1.82) is 0 Å². The number of carbonyl (C=O) groups is 2. The Balaban J connectivity index is 1.65. The highest BCUT2D eigenvalue weighted by molar-refractivity contribution is 8.01. The van der Waals surface area contributed by atoms with Crippen LogP contribution in [0.15, 0.2) is 27.9 Å². The van der Waals surface area contributed by atoms with Crippen LogP contribution in [0.4, 0.5) is 5.69 Å². The number of ether oxygens (including phenoxy) is 1. The van der Waals surface area contributed by atoms with Gasteiger partial charge in [0, 0.05) is 23.7 Å². The summed E-state index contributed by atoms with van der Waals surface area (Å²) in [6, 6.07) is 5.53. The number of nitrogens with zero attached hydrogens (tertiary/aromatic N) is 3. The Kier molecular flexibility index (Phi) is 5.38. The molecule has 0 aliphatic rings. The Bertz CT molecular complexity index is 863. The van der Waals surface area contributed by atoms with Crippen LogP contribution in [0, 0.1) is 0 Å². The normalized spacial score (nSPS) is 10.7. The van der Waals surface area contributed by atoms with E-state index in [-0.39, 0.29) is 11.9 Å². The second kappa shape index (κ2) is 7.69. The Morgan fingerprint density at radius 2 is 2.25 bits per heavy atom. The second-order valence-corrected chi connectivity index (χ2v) is 7.58. The number of hydrogen-bond acceptors (Lipinski definition) is 9. The first-order chi connectivity index (χ1) is 11.6. The number of fused-ring (bicyclic) bond motifs is 1. The lowest BCUT2D eigenvalue weighted by molar-refractivity contribution is -0.140. The molecule has 124 valence electrons. The summed E-state index contributed by atoms with van der Waals surface area (Å²) in [5.41, 5.74) is 1.84. The second-order valence-electron chi connectivity index (χ2n) is 4.60. The van der Waals surface area contributed by atoms with Gasteiger partial charge in [-0.25, -0.2) is 4.98 Å². The summed E-state index contributed by atoms with van der Waals surface area (Å²) in [5, 5.41) is 8.13. The summed E-state index contributed by atoms with van der Waals surface area (Å²) in [4.78, 5) is 27.2. The van der Waals surface area contributed by atoms with E-state index in [1.807, 2.05) is 12.1 Å². The molecular weight excluding hydrogens is 368 g/mol. The number of nitrogens with one attached hydrogen (secondary N) is 1. The van der Waals surface area contributed by atoms with E-state index in [0.717, 1.165) is 26.1 Å². The lowest BCUT2D eigenvalue weighted by Crippen LogP contribution is -2.12. The quantitative estimate of drug-likeness (QED) is 0.399. The Morgan fingerprint density at radius 3 is 3.00 bits per heavy atom. The molecule has 0 aliphatic heterocycles. The predicted molar refractivity (Wildman–Crippen MR) is 94.8 cm³/mol. The summed E-state index contributed by atoms with van der Waals surface area (Å²) in [7, 11) is 0. The van der Waals surface area contributed by atoms with Crippen LogP contribution in [0.25, 0.3) is 10.2 Å². The van der Waals surface area contributed by atoms with E-state index < -0.39 is 0 Å². The van der Waals surface area contributed by atoms with Crippen molar-refractivity contribution < 1.29 is 14.3 Å². The Labute approximate surface area is 149 Å². The van der Waals surface area contributed by atoms with Crippen molar-refractivity contribution in [2.45, 2.75) is 11.3 Å². The van der Waals surface area contributed by atoms with Crippen molar-refractivity contribution in [3.8, 4) is 0 Å². The SMILES string of the molecule is CC(=O)OCCSc1nc2ccc(NC(=O)c3csnn3)cc2s1. The minimum Gasteiger partial charge on any atom is -0.465 e. The Hall–Kier alpha value is -2.04. The number of carbonyl (C=O) groups excluding carboxylic acids is 2. The molecule has 0 unspecified atom stereocenters. The van der Waals surface area contributed by atoms with E-state index in [0.29, 0.717) is 23.7 Å². The zero-order valence-electron chi connectivity index (χ0n) is 12.5. The molecule has 0 saturated heterocycles. The zero-order chi connectivity index (χ0) is 16.9. The molecular formula is C14H12N4O3S3. The number of thioether (sulfide) groups is 1. The van der Waals surface area contributed by atoms with Gasteiger partial charge in [0.05, 0.1) is 10.2 Å². The number of hydrogen-bond donors (Lipinski definition) is 1. The number of esters is 1. The molecule has 1 aromatic carbocycles. The number of thiazole rings is 1. The molecule has 0 spiro atoms. The molecule has 0 bridgehead atoms. The number of amides is 1. The van der Waals surface area contributed by atoms with E-state index in [2.05, 4.69) is 19.9 Å². The monoisotopic (exact) mass is 380 g/mol. The molecule has 0 radical (unpaired) electrons. The fraction of sp³-hybridized carbons (Fsp3) is 0.214. The van der Waals surface area contributed by atoms with Gasteiger partial charge in [-0.2, -0.15) is 0 Å². The minimum atomic E-state index is -0.288. The molecule has 24 heavy (non-hydrogen) atoms. The van der Waals surface area contributed by atoms with E-state index >= 15 is 0 Å². The first-order valence-corrected chi connectivity index (χ1v) is 9.51. The van der Waals surface area contributed by atoms with Gasteiger partial charge in [0.1, 0.15) is 6.61 Å². The zero-order valence-corrected chi connectivity index (χ0v) is 15.0. The van der Waals surface area contributed by atoms with Gasteiger partial charge in [-0.05, 0) is 29.7 Å². The van der Waals surface area contributed by atoms with Gasteiger partial charge in [0.25, 0.3) is 5.91 Å². The number of anilines is 1. The molecule has 0 atom stereocenters. The van der Waals surface area contributed by atoms with Crippen LogP contribution >= 0.6 is 34.6 Å². The van der Waals surface area contributed by atoms with Crippen LogP contribution in [-0.4, -0.2) is 38.8 Å². The lowest BCUT2D eigenvalue weighted by atomic mass is 10.3. The standard InChI is InChI=1S/C14H12N4O3S3/c1-8(19)21-4-5-22-14-16-10-3-2-9(6-12(10)24-14)15-13(20)11-7-23-18-17-11/h2-3,6-7H,4-5H2,1H3,(H,15,20). The molecule has 10 heteroatoms. The summed E-state index contributed by atoms with van der Waals surface area (Å²) in [6.45, 7) is 1.75. The molecule has 3 aromatic rings. The summed E-state index contributed by atoms with van der Waals surface area (Å²) in [5.74, 6) is 0.0824. The predicted octanol–water partition coefficient (Wildman–Crippen LogP) is 3.06. The van der Waals surface area contributed by atoms with Crippen LogP contribution in [0.5, 0.6) is 0 Å². The average Bonchev–Trinajstić information content (AvgIpc) is 3.20. The highest BCUT2D eigenvalue weighted by Crippen LogP contribution is 2.31. The van der Waals surface area contributed by atoms with Gasteiger partial charge in [-0.3, -0.25) is 9.59 Å². The van der Waals surface area contributed by atoms with Crippen LogP contribution in [-0.2, 0) is 9.53 Å². The van der Waals surface area contributed by atoms with Crippen LogP contribution < -0.4 is 5.32 Å². The smallest absolute Gasteiger partial charge is 0.302 e. The lowest BCUT2D eigenvalue weighted by Gasteiger charge is -2.01. The number of benzene rings is 1. The van der Waals surface area contributed by atoms with Gasteiger partial charge in [0.2, 0.25) is 0 Å². The third kappa shape index (κ3) is 4.28. The molecule has 7 nitrogen and oxygen atoms in total. The fourth-order valence-corrected chi connectivity index (χ4v) is 4.25. The topological polar surface area (TPSA) is 94.1 Å². The van der Waals surface area contributed by atoms with Crippen LogP contribution in [0.2, 0.25) is 0 Å². The third-order valence-corrected chi connectivity index (χ3v) is 5.46. The maximum absolute atomic E-state index is 12.0. The fourth-order valence-electron chi connectivity index (χ4n) is 1.82. The van der Waals surface area contributed by atoms with Gasteiger partial charge in [0.15, 0.2) is 10.0 Å². The molecule has 3 rings (SSSR count). The highest BCUT2D eigenvalue weighted by atomic mass is 32.2. The first-order valence-electron chi connectivity index (χ1n) is 6.87. The van der Waals surface area contributed by atoms with Gasteiger partial charge in [-0.15, -0.1) is 16.4 Å². The molecule has 0 aliphatic carbocycles. The summed E-state index contributed by atoms with van der Waals surface area (Å²) < 4.78 is 10.4. The van der Waals surface area contributed by atoms with Crippen molar-refractivity contribution in [2.24, 2.45) is 0 Å². The highest BCUT2D eigenvalue weighted by Gasteiger charge is 2.11. The third-order valence-electron chi connectivity index (χ3n) is 2.83. The number of aromatic nitrogens is 3. The molecule has 2 aromatic heterocycles. The van der Waals surface area contributed by atoms with Gasteiger partial charge < -0.3 is 10.1 Å². The van der Waals surface area contributed by atoms with E-state index in [9.17, 15) is 9.59 Å². The molecule has 0 fully saturated rings. The van der Waals surface area contributed by atoms with Crippen LogP contribution in [0.3, 0.4) is 0 Å². The summed E-state index contributed by atoms with van der Waals surface area (Å²) in [6.07, 6.45) is 0. The minimum absolute atomic E-state index is 0.282. The van der Waals surface area contributed by atoms with Gasteiger partial charge >= 0.3 is 5.97 Å². The molecule has 0 saturated carbocycles. The Morgan fingerprint density at radius 1 is 1.38 bits per heavy atom. The average molecular weight is 380 g/mol.